The largest absolute Gasteiger partial charge is 0.310 e. The SMILES string of the molecule is N#CN1CCC(C(=O)Nc2cc(-c3cccc(Cl)c3)ncn2)C1. The number of halogens is 1. The lowest BCUT2D eigenvalue weighted by Crippen LogP contribution is -2.25. The molecule has 2 aromatic rings. The van der Waals surface area contributed by atoms with Gasteiger partial charge >= 0.3 is 0 Å². The zero-order valence-corrected chi connectivity index (χ0v) is 13.0. The minimum atomic E-state index is -0.195. The first kappa shape index (κ1) is 15.3. The maximum absolute atomic E-state index is 12.2. The molecular weight excluding hydrogens is 314 g/mol. The monoisotopic (exact) mass is 327 g/mol. The maximum atomic E-state index is 12.2. The molecule has 1 N–H and O–H groups in total. The molecule has 0 bridgehead atoms. The van der Waals surface area contributed by atoms with E-state index in [-0.39, 0.29) is 11.8 Å². The van der Waals surface area contributed by atoms with Gasteiger partial charge in [0.1, 0.15) is 12.1 Å². The number of likely N-dealkylation sites (tertiary alicyclic amines) is 1. The first-order chi connectivity index (χ1) is 11.2. The van der Waals surface area contributed by atoms with Gasteiger partial charge in [0.2, 0.25) is 5.91 Å². The third-order valence-electron chi connectivity index (χ3n) is 3.74. The molecular formula is C16H14ClN5O. The van der Waals surface area contributed by atoms with Crippen molar-refractivity contribution in [1.82, 2.24) is 14.9 Å². The molecule has 3 rings (SSSR count). The molecule has 2 heterocycles. The maximum Gasteiger partial charge on any atom is 0.230 e. The molecule has 1 aromatic carbocycles. The van der Waals surface area contributed by atoms with Crippen LogP contribution in [0, 0.1) is 17.4 Å². The second-order valence-corrected chi connectivity index (χ2v) is 5.76. The predicted octanol–water partition coefficient (Wildman–Crippen LogP) is 2.54. The summed E-state index contributed by atoms with van der Waals surface area (Å²) in [5.74, 6) is 0.119. The average molecular weight is 328 g/mol. The van der Waals surface area contributed by atoms with Gasteiger partial charge in [-0.05, 0) is 18.6 Å². The highest BCUT2D eigenvalue weighted by molar-refractivity contribution is 6.30. The third-order valence-corrected chi connectivity index (χ3v) is 3.97. The summed E-state index contributed by atoms with van der Waals surface area (Å²) >= 11 is 5.99. The van der Waals surface area contributed by atoms with Crippen molar-refractivity contribution in [2.75, 3.05) is 18.4 Å². The van der Waals surface area contributed by atoms with Crippen LogP contribution in [-0.2, 0) is 4.79 Å². The van der Waals surface area contributed by atoms with E-state index in [0.717, 1.165) is 5.56 Å². The van der Waals surface area contributed by atoms with E-state index in [1.165, 1.54) is 6.33 Å². The molecule has 0 spiro atoms. The van der Waals surface area contributed by atoms with Crippen LogP contribution in [0.15, 0.2) is 36.7 Å². The van der Waals surface area contributed by atoms with Crippen molar-refractivity contribution in [2.24, 2.45) is 5.92 Å². The van der Waals surface area contributed by atoms with Crippen molar-refractivity contribution in [3.05, 3.63) is 41.7 Å². The molecule has 23 heavy (non-hydrogen) atoms. The molecule has 1 amide bonds. The molecule has 6 nitrogen and oxygen atoms in total. The topological polar surface area (TPSA) is 81.9 Å². The minimum Gasteiger partial charge on any atom is -0.310 e. The predicted molar refractivity (Wildman–Crippen MR) is 86.4 cm³/mol. The van der Waals surface area contributed by atoms with Crippen molar-refractivity contribution in [1.29, 1.82) is 5.26 Å². The summed E-state index contributed by atoms with van der Waals surface area (Å²) in [6, 6.07) is 9.03. The Kier molecular flexibility index (Phi) is 4.40. The second kappa shape index (κ2) is 6.63. The number of rotatable bonds is 3. The zero-order valence-electron chi connectivity index (χ0n) is 12.2. The van der Waals surface area contributed by atoms with E-state index < -0.39 is 0 Å². The van der Waals surface area contributed by atoms with E-state index in [1.54, 1.807) is 23.1 Å². The van der Waals surface area contributed by atoms with E-state index in [4.69, 9.17) is 16.9 Å². The van der Waals surface area contributed by atoms with Crippen molar-refractivity contribution in [2.45, 2.75) is 6.42 Å². The highest BCUT2D eigenvalue weighted by Crippen LogP contribution is 2.23. The van der Waals surface area contributed by atoms with E-state index in [0.29, 0.717) is 36.0 Å². The minimum absolute atomic E-state index is 0.126. The Morgan fingerprint density at radius 2 is 2.26 bits per heavy atom. The van der Waals surface area contributed by atoms with Crippen molar-refractivity contribution in [3.8, 4) is 17.5 Å². The Morgan fingerprint density at radius 1 is 1.39 bits per heavy atom. The fourth-order valence-corrected chi connectivity index (χ4v) is 2.72. The molecule has 0 aliphatic carbocycles. The second-order valence-electron chi connectivity index (χ2n) is 5.32. The van der Waals surface area contributed by atoms with Crippen LogP contribution in [0.5, 0.6) is 0 Å². The Bertz CT molecular complexity index is 773. The Balaban J connectivity index is 1.73. The number of benzene rings is 1. The van der Waals surface area contributed by atoms with E-state index in [1.807, 2.05) is 12.1 Å². The summed E-state index contributed by atoms with van der Waals surface area (Å²) in [5.41, 5.74) is 1.54. The van der Waals surface area contributed by atoms with Gasteiger partial charge in [0.15, 0.2) is 6.19 Å². The smallest absolute Gasteiger partial charge is 0.230 e. The zero-order chi connectivity index (χ0) is 16.2. The van der Waals surface area contributed by atoms with Crippen molar-refractivity contribution in [3.63, 3.8) is 0 Å². The van der Waals surface area contributed by atoms with Crippen LogP contribution in [0.25, 0.3) is 11.3 Å². The molecule has 7 heteroatoms. The molecule has 1 saturated heterocycles. The summed E-state index contributed by atoms with van der Waals surface area (Å²) in [6.07, 6.45) is 4.14. The molecule has 1 atom stereocenters. The van der Waals surface area contributed by atoms with Gasteiger partial charge in [-0.1, -0.05) is 23.7 Å². The summed E-state index contributed by atoms with van der Waals surface area (Å²) in [5, 5.41) is 12.3. The first-order valence-electron chi connectivity index (χ1n) is 7.19. The number of hydrogen-bond donors (Lipinski definition) is 1. The highest BCUT2D eigenvalue weighted by Gasteiger charge is 2.28. The lowest BCUT2D eigenvalue weighted by molar-refractivity contribution is -0.119. The van der Waals surface area contributed by atoms with E-state index >= 15 is 0 Å². The van der Waals surface area contributed by atoms with E-state index in [2.05, 4.69) is 21.5 Å². The van der Waals surface area contributed by atoms with Crippen molar-refractivity contribution >= 4 is 23.3 Å². The van der Waals surface area contributed by atoms with Crippen LogP contribution in [0.2, 0.25) is 5.02 Å². The normalized spacial score (nSPS) is 16.9. The molecule has 0 saturated carbocycles. The Labute approximate surface area is 138 Å². The summed E-state index contributed by atoms with van der Waals surface area (Å²) in [6.45, 7) is 1.07. The van der Waals surface area contributed by atoms with Gasteiger partial charge in [-0.15, -0.1) is 0 Å². The molecule has 116 valence electrons. The van der Waals surface area contributed by atoms with Gasteiger partial charge in [0.05, 0.1) is 11.6 Å². The van der Waals surface area contributed by atoms with Gasteiger partial charge in [-0.25, -0.2) is 9.97 Å². The first-order valence-corrected chi connectivity index (χ1v) is 7.57. The average Bonchev–Trinajstić information content (AvgIpc) is 3.04. The lowest BCUT2D eigenvalue weighted by Gasteiger charge is -2.10. The summed E-state index contributed by atoms with van der Waals surface area (Å²) in [4.78, 5) is 22.1. The molecule has 1 aromatic heterocycles. The lowest BCUT2D eigenvalue weighted by atomic mass is 10.1. The summed E-state index contributed by atoms with van der Waals surface area (Å²) in [7, 11) is 0. The quantitative estimate of drug-likeness (QED) is 0.876. The van der Waals surface area contributed by atoms with Gasteiger partial charge in [-0.2, -0.15) is 5.26 Å². The number of amides is 1. The summed E-state index contributed by atoms with van der Waals surface area (Å²) < 4.78 is 0. The molecule has 1 aliphatic rings. The van der Waals surface area contributed by atoms with Crippen LogP contribution < -0.4 is 5.32 Å². The standard InChI is InChI=1S/C16H14ClN5O/c17-13-3-1-2-11(6-13)14-7-15(20-10-19-14)21-16(23)12-4-5-22(8-12)9-18/h1-3,6-7,10,12H,4-5,8H2,(H,19,20,21,23). The number of nitrogens with one attached hydrogen (secondary N) is 1. The number of nitrogens with zero attached hydrogens (tertiary/aromatic N) is 4. The number of carbonyl (C=O) groups is 1. The van der Waals surface area contributed by atoms with Gasteiger partial charge < -0.3 is 10.2 Å². The molecule has 1 aliphatic heterocycles. The molecule has 1 fully saturated rings. The third kappa shape index (κ3) is 3.58. The number of carbonyl (C=O) groups excluding carboxylic acids is 1. The Morgan fingerprint density at radius 3 is 3.00 bits per heavy atom. The van der Waals surface area contributed by atoms with Gasteiger partial charge in [0.25, 0.3) is 0 Å². The fraction of sp³-hybridized carbons (Fsp3) is 0.250. The number of anilines is 1. The van der Waals surface area contributed by atoms with E-state index in [9.17, 15) is 4.79 Å². The molecule has 1 unspecified atom stereocenters. The van der Waals surface area contributed by atoms with Crippen LogP contribution in [-0.4, -0.2) is 33.9 Å². The van der Waals surface area contributed by atoms with Gasteiger partial charge in [-0.3, -0.25) is 4.79 Å². The van der Waals surface area contributed by atoms with Crippen LogP contribution in [0.3, 0.4) is 0 Å². The van der Waals surface area contributed by atoms with Crippen LogP contribution >= 0.6 is 11.6 Å². The van der Waals surface area contributed by atoms with Crippen LogP contribution in [0.1, 0.15) is 6.42 Å². The number of aromatic nitrogens is 2. The fourth-order valence-electron chi connectivity index (χ4n) is 2.52. The van der Waals surface area contributed by atoms with Gasteiger partial charge in [0, 0.05) is 29.7 Å². The Hall–Kier alpha value is -2.65. The highest BCUT2D eigenvalue weighted by atomic mass is 35.5. The number of nitriles is 1. The van der Waals surface area contributed by atoms with Crippen molar-refractivity contribution < 1.29 is 4.79 Å². The van der Waals surface area contributed by atoms with Crippen LogP contribution in [0.4, 0.5) is 5.82 Å². The number of hydrogen-bond acceptors (Lipinski definition) is 5. The molecule has 0 radical (unpaired) electrons.